The van der Waals surface area contributed by atoms with Crippen LogP contribution in [-0.4, -0.2) is 15.7 Å². The molecular weight excluding hydrogens is 310 g/mol. The van der Waals surface area contributed by atoms with E-state index in [1.165, 1.54) is 0 Å². The van der Waals surface area contributed by atoms with Crippen molar-refractivity contribution in [1.82, 2.24) is 9.78 Å². The van der Waals surface area contributed by atoms with Crippen LogP contribution < -0.4 is 5.32 Å². The summed E-state index contributed by atoms with van der Waals surface area (Å²) in [5.41, 5.74) is 2.00. The Bertz CT molecular complexity index is 811. The van der Waals surface area contributed by atoms with E-state index in [0.717, 1.165) is 17.7 Å². The molecule has 2 aromatic carbocycles. The van der Waals surface area contributed by atoms with Gasteiger partial charge in [0, 0.05) is 12.3 Å². The normalized spacial score (nSPS) is 13.2. The molecule has 0 saturated heterocycles. The van der Waals surface area contributed by atoms with E-state index in [4.69, 9.17) is 0 Å². The number of carbonyl (C=O) groups excluding carboxylic acids is 1. The van der Waals surface area contributed by atoms with Crippen LogP contribution in [0.5, 0.6) is 0 Å². The van der Waals surface area contributed by atoms with Gasteiger partial charge in [0.15, 0.2) is 5.82 Å². The molecule has 3 rings (SSSR count). The molecule has 0 radical (unpaired) electrons. The molecule has 1 amide bonds. The zero-order valence-electron chi connectivity index (χ0n) is 14.6. The van der Waals surface area contributed by atoms with Crippen LogP contribution >= 0.6 is 0 Å². The van der Waals surface area contributed by atoms with Crippen molar-refractivity contribution >= 4 is 11.7 Å². The minimum Gasteiger partial charge on any atom is -0.309 e. The van der Waals surface area contributed by atoms with Crippen LogP contribution in [0.15, 0.2) is 72.9 Å². The van der Waals surface area contributed by atoms with Gasteiger partial charge >= 0.3 is 0 Å². The summed E-state index contributed by atoms with van der Waals surface area (Å²) in [6.45, 7) is 4.22. The summed E-state index contributed by atoms with van der Waals surface area (Å²) in [5, 5.41) is 7.44. The minimum atomic E-state index is -0.187. The lowest BCUT2D eigenvalue weighted by atomic mass is 9.85. The molecule has 25 heavy (non-hydrogen) atoms. The zero-order valence-corrected chi connectivity index (χ0v) is 14.6. The highest BCUT2D eigenvalue weighted by molar-refractivity contribution is 5.95. The fourth-order valence-electron chi connectivity index (χ4n) is 2.95. The molecule has 4 heteroatoms. The van der Waals surface area contributed by atoms with E-state index < -0.39 is 0 Å². The van der Waals surface area contributed by atoms with E-state index in [2.05, 4.69) is 24.3 Å². The Balaban J connectivity index is 1.79. The number of rotatable bonds is 6. The largest absolute Gasteiger partial charge is 0.309 e. The topological polar surface area (TPSA) is 46.9 Å². The van der Waals surface area contributed by atoms with Gasteiger partial charge < -0.3 is 5.32 Å². The van der Waals surface area contributed by atoms with Gasteiger partial charge in [0.1, 0.15) is 0 Å². The Kier molecular flexibility index (Phi) is 5.29. The van der Waals surface area contributed by atoms with Crippen LogP contribution in [0, 0.1) is 5.92 Å². The molecule has 1 aromatic heterocycles. The van der Waals surface area contributed by atoms with Crippen molar-refractivity contribution in [1.29, 1.82) is 0 Å². The van der Waals surface area contributed by atoms with E-state index in [1.54, 1.807) is 4.68 Å². The van der Waals surface area contributed by atoms with Crippen molar-refractivity contribution in [2.45, 2.75) is 26.2 Å². The summed E-state index contributed by atoms with van der Waals surface area (Å²) in [6.07, 6.45) is 2.79. The number of nitrogens with one attached hydrogen (secondary N) is 1. The lowest BCUT2D eigenvalue weighted by Gasteiger charge is -2.22. The van der Waals surface area contributed by atoms with Gasteiger partial charge in [-0.3, -0.25) is 4.79 Å². The Labute approximate surface area is 148 Å². The molecule has 0 fully saturated rings. The fraction of sp³-hybridized carbons (Fsp3) is 0.238. The quantitative estimate of drug-likeness (QED) is 0.714. The fourth-order valence-corrected chi connectivity index (χ4v) is 2.95. The summed E-state index contributed by atoms with van der Waals surface area (Å²) >= 11 is 0. The van der Waals surface area contributed by atoms with Crippen molar-refractivity contribution in [2.24, 2.45) is 5.92 Å². The first-order chi connectivity index (χ1) is 12.2. The van der Waals surface area contributed by atoms with Crippen LogP contribution in [0.1, 0.15) is 31.7 Å². The number of carbonyl (C=O) groups is 1. The van der Waals surface area contributed by atoms with Crippen molar-refractivity contribution in [3.63, 3.8) is 0 Å². The number of para-hydroxylation sites is 1. The van der Waals surface area contributed by atoms with Gasteiger partial charge in [-0.2, -0.15) is 5.10 Å². The number of amides is 1. The van der Waals surface area contributed by atoms with Crippen LogP contribution in [-0.2, 0) is 4.79 Å². The highest BCUT2D eigenvalue weighted by Crippen LogP contribution is 2.28. The predicted molar refractivity (Wildman–Crippen MR) is 101 cm³/mol. The number of aromatic nitrogens is 2. The number of anilines is 1. The zero-order chi connectivity index (χ0) is 17.6. The van der Waals surface area contributed by atoms with Gasteiger partial charge in [0.25, 0.3) is 0 Å². The van der Waals surface area contributed by atoms with Crippen molar-refractivity contribution in [3.8, 4) is 5.69 Å². The van der Waals surface area contributed by atoms with E-state index in [0.29, 0.717) is 5.82 Å². The summed E-state index contributed by atoms with van der Waals surface area (Å²) in [4.78, 5) is 12.9. The molecule has 0 aliphatic heterocycles. The van der Waals surface area contributed by atoms with Crippen LogP contribution in [0.25, 0.3) is 5.69 Å². The van der Waals surface area contributed by atoms with Crippen molar-refractivity contribution in [2.75, 3.05) is 5.32 Å². The van der Waals surface area contributed by atoms with Gasteiger partial charge in [-0.05, 0) is 23.6 Å². The second kappa shape index (κ2) is 7.79. The van der Waals surface area contributed by atoms with Gasteiger partial charge in [-0.25, -0.2) is 4.68 Å². The molecule has 2 atom stereocenters. The summed E-state index contributed by atoms with van der Waals surface area (Å²) in [5.74, 6) is 0.614. The van der Waals surface area contributed by atoms with Crippen molar-refractivity contribution in [3.05, 3.63) is 78.5 Å². The Morgan fingerprint density at radius 1 is 1.04 bits per heavy atom. The molecule has 2 unspecified atom stereocenters. The third kappa shape index (κ3) is 3.97. The second-order valence-electron chi connectivity index (χ2n) is 6.24. The molecular formula is C21H23N3O. The molecule has 0 aliphatic carbocycles. The molecule has 0 aliphatic rings. The SMILES string of the molecule is CCC(C)C(C(=O)Nc1ccn(-c2ccccc2)n1)c1ccccc1. The van der Waals surface area contributed by atoms with Crippen molar-refractivity contribution < 1.29 is 4.79 Å². The highest BCUT2D eigenvalue weighted by Gasteiger charge is 2.26. The molecule has 0 spiro atoms. The van der Waals surface area contributed by atoms with Crippen LogP contribution in [0.4, 0.5) is 5.82 Å². The van der Waals surface area contributed by atoms with Gasteiger partial charge in [0.05, 0.1) is 11.6 Å². The van der Waals surface area contributed by atoms with Gasteiger partial charge in [-0.1, -0.05) is 68.8 Å². The maximum Gasteiger partial charge on any atom is 0.233 e. The molecule has 3 aromatic rings. The molecule has 1 N–H and O–H groups in total. The average Bonchev–Trinajstić information content (AvgIpc) is 3.12. The molecule has 4 nitrogen and oxygen atoms in total. The number of hydrogen-bond donors (Lipinski definition) is 1. The number of benzene rings is 2. The first-order valence-corrected chi connectivity index (χ1v) is 8.66. The monoisotopic (exact) mass is 333 g/mol. The molecule has 0 bridgehead atoms. The summed E-state index contributed by atoms with van der Waals surface area (Å²) in [7, 11) is 0. The lowest BCUT2D eigenvalue weighted by Crippen LogP contribution is -2.26. The molecule has 1 heterocycles. The maximum absolute atomic E-state index is 12.9. The average molecular weight is 333 g/mol. The van der Waals surface area contributed by atoms with Crippen LogP contribution in [0.3, 0.4) is 0 Å². The number of nitrogens with zero attached hydrogens (tertiary/aromatic N) is 2. The van der Waals surface area contributed by atoms with E-state index in [9.17, 15) is 4.79 Å². The minimum absolute atomic E-state index is 0.0149. The van der Waals surface area contributed by atoms with Gasteiger partial charge in [0.2, 0.25) is 5.91 Å². The molecule has 128 valence electrons. The second-order valence-corrected chi connectivity index (χ2v) is 6.24. The Morgan fingerprint density at radius 2 is 1.68 bits per heavy atom. The third-order valence-corrected chi connectivity index (χ3v) is 4.52. The maximum atomic E-state index is 12.9. The first kappa shape index (κ1) is 17.0. The molecule has 0 saturated carbocycles. The van der Waals surface area contributed by atoms with Gasteiger partial charge in [-0.15, -0.1) is 0 Å². The smallest absolute Gasteiger partial charge is 0.233 e. The number of hydrogen-bond acceptors (Lipinski definition) is 2. The lowest BCUT2D eigenvalue weighted by molar-refractivity contribution is -0.118. The summed E-state index contributed by atoms with van der Waals surface area (Å²) < 4.78 is 1.76. The predicted octanol–water partition coefficient (Wildman–Crippen LogP) is 4.64. The Hall–Kier alpha value is -2.88. The van der Waals surface area contributed by atoms with E-state index >= 15 is 0 Å². The van der Waals surface area contributed by atoms with E-state index in [-0.39, 0.29) is 17.7 Å². The first-order valence-electron chi connectivity index (χ1n) is 8.66. The summed E-state index contributed by atoms with van der Waals surface area (Å²) in [6, 6.07) is 21.6. The van der Waals surface area contributed by atoms with E-state index in [1.807, 2.05) is 72.9 Å². The highest BCUT2D eigenvalue weighted by atomic mass is 16.2. The third-order valence-electron chi connectivity index (χ3n) is 4.52. The Morgan fingerprint density at radius 3 is 2.32 bits per heavy atom. The van der Waals surface area contributed by atoms with Crippen LogP contribution in [0.2, 0.25) is 0 Å². The standard InChI is InChI=1S/C21H23N3O/c1-3-16(2)20(17-10-6-4-7-11-17)21(25)22-19-14-15-24(23-19)18-12-8-5-9-13-18/h4-16,20H,3H2,1-2H3,(H,22,23,25).